The molecule has 108 valence electrons. The van der Waals surface area contributed by atoms with Crippen molar-refractivity contribution < 1.29 is 0 Å². The van der Waals surface area contributed by atoms with Crippen molar-refractivity contribution in [1.82, 2.24) is 14.5 Å². The summed E-state index contributed by atoms with van der Waals surface area (Å²) in [4.78, 5) is 32.4. The predicted octanol–water partition coefficient (Wildman–Crippen LogP) is 2.63. The summed E-state index contributed by atoms with van der Waals surface area (Å²) in [5.41, 5.74) is 0.348. The highest BCUT2D eigenvalue weighted by atomic mass is 35.5. The van der Waals surface area contributed by atoms with Crippen LogP contribution in [0.25, 0.3) is 5.13 Å². The predicted molar refractivity (Wildman–Crippen MR) is 81.5 cm³/mol. The zero-order valence-electron chi connectivity index (χ0n) is 11.8. The maximum absolute atomic E-state index is 12.5. The summed E-state index contributed by atoms with van der Waals surface area (Å²) >= 11 is 7.30. The molecule has 0 radical (unpaired) electrons. The lowest BCUT2D eigenvalue weighted by atomic mass is 10.1. The number of aromatic amines is 1. The van der Waals surface area contributed by atoms with E-state index in [-0.39, 0.29) is 11.1 Å². The second-order valence-electron chi connectivity index (χ2n) is 4.81. The molecule has 0 bridgehead atoms. The van der Waals surface area contributed by atoms with Gasteiger partial charge in [-0.2, -0.15) is 0 Å². The Bertz CT molecular complexity index is 758. The summed E-state index contributed by atoms with van der Waals surface area (Å²) in [5, 5.41) is 0.499. The van der Waals surface area contributed by atoms with Gasteiger partial charge in [0.1, 0.15) is 5.15 Å². The van der Waals surface area contributed by atoms with E-state index in [1.807, 2.05) is 27.7 Å². The van der Waals surface area contributed by atoms with Crippen LogP contribution in [-0.4, -0.2) is 14.5 Å². The molecule has 0 atom stereocenters. The number of hydrogen-bond acceptors (Lipinski definition) is 4. The Balaban J connectivity index is 2.77. The Morgan fingerprint density at radius 1 is 1.40 bits per heavy atom. The van der Waals surface area contributed by atoms with Gasteiger partial charge in [-0.25, -0.2) is 14.3 Å². The summed E-state index contributed by atoms with van der Waals surface area (Å²) in [6.45, 7) is 7.63. The summed E-state index contributed by atoms with van der Waals surface area (Å²) in [7, 11) is 0. The lowest BCUT2D eigenvalue weighted by molar-refractivity contribution is 0.772. The molecule has 7 heteroatoms. The lowest BCUT2D eigenvalue weighted by Crippen LogP contribution is -2.36. The molecule has 0 aliphatic rings. The summed E-state index contributed by atoms with van der Waals surface area (Å²) in [6, 6.07) is 0. The lowest BCUT2D eigenvalue weighted by Gasteiger charge is -2.09. The number of rotatable bonds is 3. The highest BCUT2D eigenvalue weighted by Gasteiger charge is 2.19. The molecule has 0 aliphatic carbocycles. The van der Waals surface area contributed by atoms with Crippen molar-refractivity contribution in [3.8, 4) is 5.13 Å². The Morgan fingerprint density at radius 2 is 2.05 bits per heavy atom. The maximum atomic E-state index is 12.5. The minimum Gasteiger partial charge on any atom is -0.297 e. The summed E-state index contributed by atoms with van der Waals surface area (Å²) in [5.74, 6) is -0.0789. The number of halogens is 1. The van der Waals surface area contributed by atoms with Crippen LogP contribution in [0.1, 0.15) is 42.8 Å². The van der Waals surface area contributed by atoms with Crippen LogP contribution in [-0.2, 0) is 6.42 Å². The normalized spacial score (nSPS) is 11.3. The topological polar surface area (TPSA) is 67.8 Å². The molecule has 1 N–H and O–H groups in total. The van der Waals surface area contributed by atoms with E-state index in [1.165, 1.54) is 11.3 Å². The zero-order chi connectivity index (χ0) is 15.0. The van der Waals surface area contributed by atoms with Gasteiger partial charge in [0.2, 0.25) is 5.13 Å². The smallest absolute Gasteiger partial charge is 0.297 e. The van der Waals surface area contributed by atoms with E-state index in [0.717, 1.165) is 21.6 Å². The molecule has 0 saturated heterocycles. The molecule has 0 amide bonds. The minimum atomic E-state index is -0.555. The summed E-state index contributed by atoms with van der Waals surface area (Å²) in [6.07, 6.45) is 0.764. The number of hydrogen-bond donors (Lipinski definition) is 1. The van der Waals surface area contributed by atoms with Crippen molar-refractivity contribution in [1.29, 1.82) is 0 Å². The molecular formula is C13H16ClN3O2S. The van der Waals surface area contributed by atoms with Gasteiger partial charge in [-0.15, -0.1) is 11.3 Å². The zero-order valence-corrected chi connectivity index (χ0v) is 13.4. The van der Waals surface area contributed by atoms with Crippen LogP contribution in [0.15, 0.2) is 9.59 Å². The molecule has 2 aromatic heterocycles. The van der Waals surface area contributed by atoms with Crippen LogP contribution in [0.4, 0.5) is 0 Å². The molecule has 2 aromatic rings. The van der Waals surface area contributed by atoms with Crippen molar-refractivity contribution in [2.75, 3.05) is 0 Å². The highest BCUT2D eigenvalue weighted by Crippen LogP contribution is 2.21. The molecule has 0 spiro atoms. The molecule has 0 saturated carbocycles. The van der Waals surface area contributed by atoms with Crippen LogP contribution in [0.5, 0.6) is 0 Å². The molecule has 20 heavy (non-hydrogen) atoms. The van der Waals surface area contributed by atoms with Crippen molar-refractivity contribution in [2.45, 2.75) is 40.0 Å². The molecule has 0 aromatic carbocycles. The minimum absolute atomic E-state index is 0.0789. The second kappa shape index (κ2) is 5.54. The first-order valence-electron chi connectivity index (χ1n) is 6.38. The molecule has 2 heterocycles. The van der Waals surface area contributed by atoms with Gasteiger partial charge in [-0.05, 0) is 19.3 Å². The van der Waals surface area contributed by atoms with Crippen molar-refractivity contribution >= 4 is 22.9 Å². The van der Waals surface area contributed by atoms with Gasteiger partial charge in [-0.1, -0.05) is 32.4 Å². The van der Waals surface area contributed by atoms with Crippen LogP contribution in [0, 0.1) is 6.92 Å². The number of aromatic nitrogens is 3. The van der Waals surface area contributed by atoms with Gasteiger partial charge >= 0.3 is 5.69 Å². The van der Waals surface area contributed by atoms with E-state index in [9.17, 15) is 9.59 Å². The monoisotopic (exact) mass is 313 g/mol. The molecular weight excluding hydrogens is 298 g/mol. The molecule has 0 aliphatic heterocycles. The maximum Gasteiger partial charge on any atom is 0.336 e. The average Bonchev–Trinajstić information content (AvgIpc) is 2.68. The first-order chi connectivity index (χ1) is 9.36. The van der Waals surface area contributed by atoms with Gasteiger partial charge in [-0.3, -0.25) is 9.78 Å². The third-order valence-corrected chi connectivity index (χ3v) is 4.37. The number of thiazole rings is 1. The summed E-state index contributed by atoms with van der Waals surface area (Å²) < 4.78 is 1.07. The number of H-pyrrole nitrogens is 1. The van der Waals surface area contributed by atoms with Crippen LogP contribution < -0.4 is 11.2 Å². The van der Waals surface area contributed by atoms with E-state index < -0.39 is 11.2 Å². The Hall–Kier alpha value is -1.40. The first kappa shape index (κ1) is 15.0. The van der Waals surface area contributed by atoms with Crippen LogP contribution in [0.3, 0.4) is 0 Å². The van der Waals surface area contributed by atoms with Gasteiger partial charge in [0.05, 0.1) is 11.3 Å². The number of aryl methyl sites for hydroxylation is 2. The van der Waals surface area contributed by atoms with E-state index in [4.69, 9.17) is 11.6 Å². The van der Waals surface area contributed by atoms with E-state index in [0.29, 0.717) is 10.7 Å². The first-order valence-corrected chi connectivity index (χ1v) is 7.57. The molecule has 2 rings (SSSR count). The van der Waals surface area contributed by atoms with Gasteiger partial charge in [0.15, 0.2) is 0 Å². The quantitative estimate of drug-likeness (QED) is 0.886. The van der Waals surface area contributed by atoms with E-state index in [2.05, 4.69) is 9.97 Å². The number of nitrogens with one attached hydrogen (secondary N) is 1. The highest BCUT2D eigenvalue weighted by molar-refractivity contribution is 7.14. The van der Waals surface area contributed by atoms with Gasteiger partial charge < -0.3 is 0 Å². The van der Waals surface area contributed by atoms with Crippen molar-refractivity contribution in [2.24, 2.45) is 0 Å². The SMILES string of the molecule is CCc1nc(-n2c(=O)[nH]c(Cl)c(C(C)C)c2=O)sc1C. The van der Waals surface area contributed by atoms with Crippen molar-refractivity contribution in [3.05, 3.63) is 42.1 Å². The van der Waals surface area contributed by atoms with Crippen LogP contribution in [0.2, 0.25) is 5.15 Å². The number of nitrogens with zero attached hydrogens (tertiary/aromatic N) is 2. The Kier molecular flexibility index (Phi) is 4.15. The van der Waals surface area contributed by atoms with Gasteiger partial charge in [0.25, 0.3) is 5.56 Å². The van der Waals surface area contributed by atoms with E-state index >= 15 is 0 Å². The van der Waals surface area contributed by atoms with E-state index in [1.54, 1.807) is 0 Å². The van der Waals surface area contributed by atoms with Crippen molar-refractivity contribution in [3.63, 3.8) is 0 Å². The fourth-order valence-electron chi connectivity index (χ4n) is 2.03. The Morgan fingerprint density at radius 3 is 2.55 bits per heavy atom. The molecule has 0 unspecified atom stereocenters. The molecule has 0 fully saturated rings. The van der Waals surface area contributed by atoms with Gasteiger partial charge in [0, 0.05) is 4.88 Å². The Labute approximate surface area is 125 Å². The second-order valence-corrected chi connectivity index (χ2v) is 6.37. The molecule has 5 nitrogen and oxygen atoms in total. The standard InChI is InChI=1S/C13H16ClN3O2S/c1-5-8-7(4)20-13(15-8)17-11(18)9(6(2)3)10(14)16-12(17)19/h6H,5H2,1-4H3,(H,16,19). The fraction of sp³-hybridized carbons (Fsp3) is 0.462. The largest absolute Gasteiger partial charge is 0.336 e. The third kappa shape index (κ3) is 2.45. The van der Waals surface area contributed by atoms with Crippen LogP contribution >= 0.6 is 22.9 Å². The fourth-order valence-corrected chi connectivity index (χ4v) is 3.41. The third-order valence-electron chi connectivity index (χ3n) is 3.07. The average molecular weight is 314 g/mol.